The fourth-order valence-electron chi connectivity index (χ4n) is 1.94. The first kappa shape index (κ1) is 13.5. The number of rotatable bonds is 4. The molecule has 3 aromatic rings. The Hall–Kier alpha value is -2.47. The van der Waals surface area contributed by atoms with Crippen molar-refractivity contribution in [3.63, 3.8) is 0 Å². The zero-order valence-electron chi connectivity index (χ0n) is 11.4. The van der Waals surface area contributed by atoms with E-state index in [4.69, 9.17) is 0 Å². The highest BCUT2D eigenvalue weighted by atomic mass is 32.1. The van der Waals surface area contributed by atoms with Crippen molar-refractivity contribution in [2.75, 3.05) is 0 Å². The van der Waals surface area contributed by atoms with Gasteiger partial charge in [0.15, 0.2) is 0 Å². The van der Waals surface area contributed by atoms with Crippen LogP contribution in [0.4, 0.5) is 0 Å². The zero-order valence-corrected chi connectivity index (χ0v) is 12.2. The van der Waals surface area contributed by atoms with Gasteiger partial charge in [0.1, 0.15) is 10.7 Å². The van der Waals surface area contributed by atoms with Gasteiger partial charge in [-0.25, -0.2) is 4.98 Å². The Morgan fingerprint density at radius 1 is 1.38 bits per heavy atom. The van der Waals surface area contributed by atoms with Crippen LogP contribution in [0.5, 0.6) is 0 Å². The molecule has 5 nitrogen and oxygen atoms in total. The van der Waals surface area contributed by atoms with Gasteiger partial charge in [-0.05, 0) is 31.2 Å². The van der Waals surface area contributed by atoms with Gasteiger partial charge >= 0.3 is 0 Å². The minimum Gasteiger partial charge on any atom is -0.357 e. The average Bonchev–Trinajstić information content (AvgIpc) is 3.20. The standard InChI is InChI=1S/C15H14N4OS/c1-10(18-14(20)12-5-3-7-17-12)15-19-13(9-21-15)11-4-2-6-16-8-11/h2-10,17H,1H3,(H,18,20)/t10-/m0/s1. The van der Waals surface area contributed by atoms with E-state index in [2.05, 4.69) is 20.3 Å². The second-order valence-electron chi connectivity index (χ2n) is 4.59. The topological polar surface area (TPSA) is 70.7 Å². The molecule has 0 spiro atoms. The van der Waals surface area contributed by atoms with E-state index in [1.807, 2.05) is 24.4 Å². The molecule has 0 fully saturated rings. The maximum Gasteiger partial charge on any atom is 0.268 e. The Labute approximate surface area is 126 Å². The number of aromatic amines is 1. The van der Waals surface area contributed by atoms with Gasteiger partial charge < -0.3 is 10.3 Å². The number of nitrogens with one attached hydrogen (secondary N) is 2. The van der Waals surface area contributed by atoms with Gasteiger partial charge in [-0.3, -0.25) is 9.78 Å². The molecule has 0 unspecified atom stereocenters. The molecule has 0 saturated carbocycles. The molecule has 0 saturated heterocycles. The normalized spacial score (nSPS) is 12.0. The molecule has 21 heavy (non-hydrogen) atoms. The maximum atomic E-state index is 12.0. The van der Waals surface area contributed by atoms with Crippen LogP contribution in [0.25, 0.3) is 11.3 Å². The number of carbonyl (C=O) groups excluding carboxylic acids is 1. The Balaban J connectivity index is 1.73. The van der Waals surface area contributed by atoms with E-state index in [1.165, 1.54) is 11.3 Å². The lowest BCUT2D eigenvalue weighted by molar-refractivity contribution is 0.0935. The number of hydrogen-bond acceptors (Lipinski definition) is 4. The first-order chi connectivity index (χ1) is 10.2. The largest absolute Gasteiger partial charge is 0.357 e. The van der Waals surface area contributed by atoms with Crippen molar-refractivity contribution < 1.29 is 4.79 Å². The number of thiazole rings is 1. The molecule has 1 amide bonds. The minimum atomic E-state index is -0.142. The summed E-state index contributed by atoms with van der Waals surface area (Å²) >= 11 is 1.53. The van der Waals surface area contributed by atoms with Crippen LogP contribution >= 0.6 is 11.3 Å². The molecule has 0 aliphatic carbocycles. The fraction of sp³-hybridized carbons (Fsp3) is 0.133. The molecule has 0 aliphatic heterocycles. The zero-order chi connectivity index (χ0) is 14.7. The smallest absolute Gasteiger partial charge is 0.268 e. The third kappa shape index (κ3) is 3.00. The Morgan fingerprint density at radius 2 is 2.29 bits per heavy atom. The number of nitrogens with zero attached hydrogens (tertiary/aromatic N) is 2. The van der Waals surface area contributed by atoms with Crippen LogP contribution in [0.3, 0.4) is 0 Å². The molecular weight excluding hydrogens is 284 g/mol. The van der Waals surface area contributed by atoms with Crippen molar-refractivity contribution in [1.82, 2.24) is 20.3 Å². The van der Waals surface area contributed by atoms with E-state index in [0.29, 0.717) is 5.69 Å². The Morgan fingerprint density at radius 3 is 3.00 bits per heavy atom. The summed E-state index contributed by atoms with van der Waals surface area (Å²) < 4.78 is 0. The van der Waals surface area contributed by atoms with Crippen LogP contribution in [0.15, 0.2) is 48.2 Å². The molecule has 0 aliphatic rings. The van der Waals surface area contributed by atoms with Crippen molar-refractivity contribution in [2.24, 2.45) is 0 Å². The monoisotopic (exact) mass is 298 g/mol. The number of H-pyrrole nitrogens is 1. The average molecular weight is 298 g/mol. The van der Waals surface area contributed by atoms with Crippen molar-refractivity contribution in [1.29, 1.82) is 0 Å². The quantitative estimate of drug-likeness (QED) is 0.777. The van der Waals surface area contributed by atoms with E-state index in [-0.39, 0.29) is 11.9 Å². The number of aromatic nitrogens is 3. The van der Waals surface area contributed by atoms with Crippen LogP contribution in [-0.4, -0.2) is 20.9 Å². The SMILES string of the molecule is C[C@H](NC(=O)c1ccc[nH]1)c1nc(-c2cccnc2)cs1. The molecule has 3 aromatic heterocycles. The van der Waals surface area contributed by atoms with Crippen LogP contribution in [0, 0.1) is 0 Å². The van der Waals surface area contributed by atoms with Gasteiger partial charge in [0.05, 0.1) is 11.7 Å². The third-order valence-electron chi connectivity index (χ3n) is 3.04. The van der Waals surface area contributed by atoms with Crippen LogP contribution in [0.1, 0.15) is 28.5 Å². The highest BCUT2D eigenvalue weighted by Crippen LogP contribution is 2.24. The van der Waals surface area contributed by atoms with Gasteiger partial charge in [-0.15, -0.1) is 11.3 Å². The lowest BCUT2D eigenvalue weighted by Crippen LogP contribution is -2.26. The van der Waals surface area contributed by atoms with E-state index >= 15 is 0 Å². The first-order valence-corrected chi connectivity index (χ1v) is 7.42. The van der Waals surface area contributed by atoms with Gasteiger partial charge in [-0.2, -0.15) is 0 Å². The second kappa shape index (κ2) is 5.88. The number of hydrogen-bond donors (Lipinski definition) is 2. The minimum absolute atomic E-state index is 0.134. The molecule has 1 atom stereocenters. The molecule has 3 heterocycles. The van der Waals surface area contributed by atoms with Gasteiger partial charge in [0, 0.05) is 29.5 Å². The molecular formula is C15H14N4OS. The van der Waals surface area contributed by atoms with E-state index < -0.39 is 0 Å². The number of pyridine rings is 1. The van der Waals surface area contributed by atoms with Crippen LogP contribution < -0.4 is 5.32 Å². The summed E-state index contributed by atoms with van der Waals surface area (Å²) in [4.78, 5) is 23.5. The van der Waals surface area contributed by atoms with Crippen molar-refractivity contribution in [3.8, 4) is 11.3 Å². The maximum absolute atomic E-state index is 12.0. The lowest BCUT2D eigenvalue weighted by Gasteiger charge is -2.10. The Bertz CT molecular complexity index is 721. The fourth-order valence-corrected chi connectivity index (χ4v) is 2.78. The molecule has 106 valence electrons. The molecule has 2 N–H and O–H groups in total. The van der Waals surface area contributed by atoms with Gasteiger partial charge in [0.25, 0.3) is 5.91 Å². The molecule has 0 bridgehead atoms. The summed E-state index contributed by atoms with van der Waals surface area (Å²) in [5, 5.41) is 5.77. The van der Waals surface area contributed by atoms with Crippen LogP contribution in [0.2, 0.25) is 0 Å². The number of amides is 1. The van der Waals surface area contributed by atoms with Gasteiger partial charge in [-0.1, -0.05) is 0 Å². The van der Waals surface area contributed by atoms with E-state index in [9.17, 15) is 4.79 Å². The Kier molecular flexibility index (Phi) is 3.79. The predicted molar refractivity (Wildman–Crippen MR) is 82.0 cm³/mol. The third-order valence-corrected chi connectivity index (χ3v) is 4.07. The molecule has 0 radical (unpaired) electrons. The van der Waals surface area contributed by atoms with E-state index in [1.54, 1.807) is 30.7 Å². The van der Waals surface area contributed by atoms with Crippen molar-refractivity contribution in [2.45, 2.75) is 13.0 Å². The van der Waals surface area contributed by atoms with Crippen molar-refractivity contribution in [3.05, 3.63) is 58.9 Å². The van der Waals surface area contributed by atoms with Gasteiger partial charge in [0.2, 0.25) is 0 Å². The lowest BCUT2D eigenvalue weighted by atomic mass is 10.2. The molecule has 6 heteroatoms. The highest BCUT2D eigenvalue weighted by molar-refractivity contribution is 7.10. The first-order valence-electron chi connectivity index (χ1n) is 6.54. The molecule has 0 aromatic carbocycles. The summed E-state index contributed by atoms with van der Waals surface area (Å²) in [5.41, 5.74) is 2.40. The van der Waals surface area contributed by atoms with E-state index in [0.717, 1.165) is 16.3 Å². The molecule has 3 rings (SSSR count). The number of carbonyl (C=O) groups is 1. The summed E-state index contributed by atoms with van der Waals surface area (Å²) in [5.74, 6) is -0.134. The summed E-state index contributed by atoms with van der Waals surface area (Å²) in [6.45, 7) is 1.92. The predicted octanol–water partition coefficient (Wildman–Crippen LogP) is 3.02. The summed E-state index contributed by atoms with van der Waals surface area (Å²) in [6.07, 6.45) is 5.24. The van der Waals surface area contributed by atoms with Crippen LogP contribution in [-0.2, 0) is 0 Å². The van der Waals surface area contributed by atoms with Crippen molar-refractivity contribution >= 4 is 17.2 Å². The summed E-state index contributed by atoms with van der Waals surface area (Å²) in [6, 6.07) is 7.24. The summed E-state index contributed by atoms with van der Waals surface area (Å²) in [7, 11) is 0. The second-order valence-corrected chi connectivity index (χ2v) is 5.48. The highest BCUT2D eigenvalue weighted by Gasteiger charge is 2.15.